The molecule has 128 valence electrons. The molecular formula is C17H15N3O3S2. The summed E-state index contributed by atoms with van der Waals surface area (Å²) in [6.45, 7) is 3.90. The first-order valence-corrected chi connectivity index (χ1v) is 8.84. The second-order valence-corrected chi connectivity index (χ2v) is 7.13. The molecule has 2 aromatic rings. The maximum absolute atomic E-state index is 11.7. The minimum absolute atomic E-state index is 0.121. The Labute approximate surface area is 154 Å². The molecule has 6 nitrogen and oxygen atoms in total. The summed E-state index contributed by atoms with van der Waals surface area (Å²) in [5.41, 5.74) is 3.89. The molecule has 3 rings (SSSR count). The van der Waals surface area contributed by atoms with Crippen LogP contribution in [0.4, 0.5) is 0 Å². The fourth-order valence-corrected chi connectivity index (χ4v) is 3.61. The number of carboxylic acids is 1. The lowest BCUT2D eigenvalue weighted by Crippen LogP contribution is -2.22. The third-order valence-corrected chi connectivity index (χ3v) is 5.22. The topological polar surface area (TPSA) is 74.9 Å². The number of carbonyl (C=O) groups excluding carboxylic acids is 1. The van der Waals surface area contributed by atoms with Gasteiger partial charge in [0, 0.05) is 22.6 Å². The molecule has 1 fully saturated rings. The van der Waals surface area contributed by atoms with Gasteiger partial charge in [-0.2, -0.15) is 10.1 Å². The largest absolute Gasteiger partial charge is 0.478 e. The van der Waals surface area contributed by atoms with Crippen LogP contribution in [0.2, 0.25) is 0 Å². The summed E-state index contributed by atoms with van der Waals surface area (Å²) in [4.78, 5) is 22.7. The standard InChI is InChI=1S/C17H15N3O3S2/c1-10-7-13(8-18-20-15(21)9-25-17(20)24)11(2)19(10)14-5-3-12(4-6-14)16(22)23/h3-8H,9H2,1-2H3,(H,22,23)/b18-8+. The molecule has 1 N–H and O–H groups in total. The number of carbonyl (C=O) groups is 2. The number of aryl methyl sites for hydroxylation is 1. The molecule has 25 heavy (non-hydrogen) atoms. The Morgan fingerprint density at radius 2 is 2.00 bits per heavy atom. The first kappa shape index (κ1) is 17.4. The van der Waals surface area contributed by atoms with Gasteiger partial charge in [0.05, 0.1) is 17.5 Å². The highest BCUT2D eigenvalue weighted by atomic mass is 32.2. The molecule has 0 aliphatic carbocycles. The van der Waals surface area contributed by atoms with E-state index >= 15 is 0 Å². The van der Waals surface area contributed by atoms with E-state index in [1.54, 1.807) is 30.5 Å². The molecule has 2 heterocycles. The second-order valence-electron chi connectivity index (χ2n) is 5.52. The minimum atomic E-state index is -0.954. The summed E-state index contributed by atoms with van der Waals surface area (Å²) in [7, 11) is 0. The summed E-state index contributed by atoms with van der Waals surface area (Å²) in [6, 6.07) is 8.63. The third-order valence-electron chi connectivity index (χ3n) is 3.88. The fourth-order valence-electron chi connectivity index (χ4n) is 2.65. The SMILES string of the molecule is Cc1cc(/C=N/N2C(=O)CSC2=S)c(C)n1-c1ccc(C(=O)O)cc1. The lowest BCUT2D eigenvalue weighted by molar-refractivity contribution is -0.124. The van der Waals surface area contributed by atoms with Crippen molar-refractivity contribution >= 4 is 46.4 Å². The minimum Gasteiger partial charge on any atom is -0.478 e. The molecule has 0 unspecified atom stereocenters. The van der Waals surface area contributed by atoms with Gasteiger partial charge in [0.2, 0.25) is 0 Å². The number of aromatic carboxylic acids is 1. The van der Waals surface area contributed by atoms with Crippen molar-refractivity contribution in [3.05, 3.63) is 52.8 Å². The van der Waals surface area contributed by atoms with Crippen LogP contribution in [0.25, 0.3) is 5.69 Å². The number of carboxylic acid groups (broad SMARTS) is 1. The zero-order valence-corrected chi connectivity index (χ0v) is 15.2. The Morgan fingerprint density at radius 1 is 1.32 bits per heavy atom. The Bertz CT molecular complexity index is 885. The average molecular weight is 373 g/mol. The number of hydrogen-bond donors (Lipinski definition) is 1. The highest BCUT2D eigenvalue weighted by Crippen LogP contribution is 2.22. The predicted molar refractivity (Wildman–Crippen MR) is 102 cm³/mol. The number of hydrogen-bond acceptors (Lipinski definition) is 5. The molecule has 1 aromatic heterocycles. The van der Waals surface area contributed by atoms with Crippen LogP contribution in [0.1, 0.15) is 27.3 Å². The molecule has 0 bridgehead atoms. The molecule has 1 saturated heterocycles. The van der Waals surface area contributed by atoms with E-state index in [2.05, 4.69) is 5.10 Å². The molecule has 8 heteroatoms. The summed E-state index contributed by atoms with van der Waals surface area (Å²) < 4.78 is 2.46. The first-order valence-electron chi connectivity index (χ1n) is 7.45. The Hall–Kier alpha value is -2.45. The van der Waals surface area contributed by atoms with Crippen molar-refractivity contribution in [2.24, 2.45) is 5.10 Å². The van der Waals surface area contributed by atoms with Crippen LogP contribution in [0, 0.1) is 13.8 Å². The third kappa shape index (κ3) is 3.35. The Kier molecular flexibility index (Phi) is 4.73. The Morgan fingerprint density at radius 3 is 2.56 bits per heavy atom. The van der Waals surface area contributed by atoms with Crippen LogP contribution < -0.4 is 0 Å². The zero-order chi connectivity index (χ0) is 18.1. The highest BCUT2D eigenvalue weighted by molar-refractivity contribution is 8.23. The van der Waals surface area contributed by atoms with Gasteiger partial charge in [0.1, 0.15) is 0 Å². The predicted octanol–water partition coefficient (Wildman–Crippen LogP) is 2.99. The van der Waals surface area contributed by atoms with Crippen LogP contribution in [-0.4, -0.2) is 42.8 Å². The number of aromatic nitrogens is 1. The van der Waals surface area contributed by atoms with E-state index in [0.29, 0.717) is 10.1 Å². The maximum Gasteiger partial charge on any atom is 0.335 e. The van der Waals surface area contributed by atoms with Gasteiger partial charge in [-0.3, -0.25) is 4.79 Å². The van der Waals surface area contributed by atoms with Gasteiger partial charge >= 0.3 is 5.97 Å². The number of hydrazone groups is 1. The van der Waals surface area contributed by atoms with E-state index in [4.69, 9.17) is 17.3 Å². The molecule has 1 aliphatic rings. The second kappa shape index (κ2) is 6.81. The number of rotatable bonds is 4. The van der Waals surface area contributed by atoms with E-state index in [-0.39, 0.29) is 11.5 Å². The number of thioether (sulfide) groups is 1. The zero-order valence-electron chi connectivity index (χ0n) is 13.6. The molecule has 0 spiro atoms. The molecule has 0 radical (unpaired) electrons. The van der Waals surface area contributed by atoms with E-state index in [1.807, 2.05) is 24.5 Å². The van der Waals surface area contributed by atoms with Crippen LogP contribution in [-0.2, 0) is 4.79 Å². The van der Waals surface area contributed by atoms with Crippen molar-refractivity contribution in [1.82, 2.24) is 9.58 Å². The highest BCUT2D eigenvalue weighted by Gasteiger charge is 2.26. The first-order chi connectivity index (χ1) is 11.9. The summed E-state index contributed by atoms with van der Waals surface area (Å²) in [5, 5.41) is 14.5. The normalized spacial score (nSPS) is 14.7. The van der Waals surface area contributed by atoms with Crippen molar-refractivity contribution < 1.29 is 14.7 Å². The molecule has 1 aliphatic heterocycles. The summed E-state index contributed by atoms with van der Waals surface area (Å²) >= 11 is 6.41. The smallest absolute Gasteiger partial charge is 0.335 e. The van der Waals surface area contributed by atoms with Crippen molar-refractivity contribution in [3.63, 3.8) is 0 Å². The van der Waals surface area contributed by atoms with E-state index in [0.717, 1.165) is 22.6 Å². The number of benzene rings is 1. The molecule has 1 aromatic carbocycles. The van der Waals surface area contributed by atoms with Crippen LogP contribution in [0.5, 0.6) is 0 Å². The van der Waals surface area contributed by atoms with Gasteiger partial charge in [-0.05, 0) is 44.2 Å². The quantitative estimate of drug-likeness (QED) is 0.659. The summed E-state index contributed by atoms with van der Waals surface area (Å²) in [6.07, 6.45) is 1.63. The Balaban J connectivity index is 1.92. The van der Waals surface area contributed by atoms with Gasteiger partial charge < -0.3 is 9.67 Å². The van der Waals surface area contributed by atoms with Gasteiger partial charge in [-0.1, -0.05) is 24.0 Å². The van der Waals surface area contributed by atoms with Crippen LogP contribution in [0.15, 0.2) is 35.4 Å². The molecule has 0 saturated carbocycles. The van der Waals surface area contributed by atoms with Gasteiger partial charge in [0.25, 0.3) is 5.91 Å². The number of amides is 1. The van der Waals surface area contributed by atoms with Gasteiger partial charge in [-0.15, -0.1) is 0 Å². The number of nitrogens with zero attached hydrogens (tertiary/aromatic N) is 3. The lowest BCUT2D eigenvalue weighted by Gasteiger charge is -2.10. The van der Waals surface area contributed by atoms with Gasteiger partial charge in [-0.25, -0.2) is 4.79 Å². The van der Waals surface area contributed by atoms with E-state index in [9.17, 15) is 9.59 Å². The van der Waals surface area contributed by atoms with Crippen molar-refractivity contribution in [1.29, 1.82) is 0 Å². The van der Waals surface area contributed by atoms with Crippen molar-refractivity contribution in [3.8, 4) is 5.69 Å². The monoisotopic (exact) mass is 373 g/mol. The molecule has 1 amide bonds. The van der Waals surface area contributed by atoms with E-state index < -0.39 is 5.97 Å². The lowest BCUT2D eigenvalue weighted by atomic mass is 10.2. The van der Waals surface area contributed by atoms with Crippen LogP contribution in [0.3, 0.4) is 0 Å². The van der Waals surface area contributed by atoms with Crippen molar-refractivity contribution in [2.45, 2.75) is 13.8 Å². The molecule has 0 atom stereocenters. The average Bonchev–Trinajstić information content (AvgIpc) is 3.04. The van der Waals surface area contributed by atoms with Gasteiger partial charge in [0.15, 0.2) is 4.32 Å². The maximum atomic E-state index is 11.7. The number of thiocarbonyl (C=S) groups is 1. The van der Waals surface area contributed by atoms with Crippen LogP contribution >= 0.6 is 24.0 Å². The molecular weight excluding hydrogens is 358 g/mol. The fraction of sp³-hybridized carbons (Fsp3) is 0.176. The van der Waals surface area contributed by atoms with Crippen molar-refractivity contribution in [2.75, 3.05) is 5.75 Å². The van der Waals surface area contributed by atoms with E-state index in [1.165, 1.54) is 16.8 Å². The summed E-state index contributed by atoms with van der Waals surface area (Å²) in [5.74, 6) is -0.751.